The number of halogens is 2. The van der Waals surface area contributed by atoms with Gasteiger partial charge in [0.1, 0.15) is 5.82 Å². The van der Waals surface area contributed by atoms with Crippen molar-refractivity contribution in [2.45, 2.75) is 4.90 Å². The Hall–Kier alpha value is -2.70. The average Bonchev–Trinajstić information content (AvgIpc) is 3.28. The van der Waals surface area contributed by atoms with E-state index < -0.39 is 21.9 Å². The standard InChI is InChI=1S/C27H27ClFN3O5S2/c28-18-3-6-20(7-4-18)39(34,35)31-15-21-22(16-31)23(21)17-32(27(33)37-26-2-1-13-38-26)19-5-8-25(24(29)14-19)30-9-11-36-12-10-30/h1-8,13-14,21-23H,9-12,15-17H2. The van der Waals surface area contributed by atoms with Crippen LogP contribution in [0.25, 0.3) is 0 Å². The van der Waals surface area contributed by atoms with Crippen LogP contribution in [0.5, 0.6) is 5.06 Å². The van der Waals surface area contributed by atoms with Crippen LogP contribution in [0.15, 0.2) is 64.9 Å². The minimum Gasteiger partial charge on any atom is -0.399 e. The van der Waals surface area contributed by atoms with Crippen molar-refractivity contribution in [3.8, 4) is 5.06 Å². The van der Waals surface area contributed by atoms with Gasteiger partial charge in [-0.1, -0.05) is 11.6 Å². The Morgan fingerprint density at radius 1 is 1.10 bits per heavy atom. The third-order valence-corrected chi connectivity index (χ3v) is 10.5. The maximum atomic E-state index is 15.2. The van der Waals surface area contributed by atoms with Crippen molar-refractivity contribution in [1.29, 1.82) is 0 Å². The lowest BCUT2D eigenvalue weighted by Crippen LogP contribution is -2.38. The van der Waals surface area contributed by atoms with Crippen molar-refractivity contribution in [2.24, 2.45) is 17.8 Å². The van der Waals surface area contributed by atoms with Gasteiger partial charge in [-0.2, -0.15) is 4.31 Å². The van der Waals surface area contributed by atoms with Crippen LogP contribution >= 0.6 is 22.9 Å². The average molecular weight is 592 g/mol. The van der Waals surface area contributed by atoms with E-state index in [0.29, 0.717) is 67.4 Å². The smallest absolute Gasteiger partial charge is 0.399 e. The summed E-state index contributed by atoms with van der Waals surface area (Å²) in [6.45, 7) is 3.33. The fourth-order valence-corrected chi connectivity index (χ4v) is 7.73. The van der Waals surface area contributed by atoms with E-state index in [9.17, 15) is 13.2 Å². The Morgan fingerprint density at radius 2 is 1.82 bits per heavy atom. The first-order valence-corrected chi connectivity index (χ1v) is 15.4. The van der Waals surface area contributed by atoms with Crippen molar-refractivity contribution in [2.75, 3.05) is 55.7 Å². The fraction of sp³-hybridized carbons (Fsp3) is 0.370. The number of carbonyl (C=O) groups is 1. The van der Waals surface area contributed by atoms with Gasteiger partial charge in [-0.3, -0.25) is 4.90 Å². The first-order chi connectivity index (χ1) is 18.8. The molecule has 1 amide bonds. The molecular formula is C27H27ClFN3O5S2. The Bertz CT molecular complexity index is 1440. The highest BCUT2D eigenvalue weighted by Crippen LogP contribution is 2.53. The number of nitrogens with zero attached hydrogens (tertiary/aromatic N) is 3. The molecule has 2 saturated heterocycles. The number of fused-ring (bicyclic) bond motifs is 1. The largest absolute Gasteiger partial charge is 0.420 e. The summed E-state index contributed by atoms with van der Waals surface area (Å²) in [5.41, 5.74) is 0.877. The van der Waals surface area contributed by atoms with Crippen molar-refractivity contribution in [1.82, 2.24) is 4.31 Å². The summed E-state index contributed by atoms with van der Waals surface area (Å²) in [5.74, 6) is -0.109. The van der Waals surface area contributed by atoms with Crippen molar-refractivity contribution >= 4 is 50.4 Å². The number of piperidine rings is 1. The zero-order valence-electron chi connectivity index (χ0n) is 20.9. The number of ether oxygens (including phenoxy) is 2. The fourth-order valence-electron chi connectivity index (χ4n) is 5.52. The Labute approximate surface area is 235 Å². The maximum Gasteiger partial charge on any atom is 0.420 e. The second-order valence-corrected chi connectivity index (χ2v) is 13.2. The van der Waals surface area contributed by atoms with E-state index in [1.807, 2.05) is 10.3 Å². The quantitative estimate of drug-likeness (QED) is 0.387. The number of anilines is 2. The summed E-state index contributed by atoms with van der Waals surface area (Å²) in [6, 6.07) is 14.4. The van der Waals surface area contributed by atoms with Gasteiger partial charge in [-0.15, -0.1) is 11.3 Å². The van der Waals surface area contributed by atoms with E-state index in [2.05, 4.69) is 0 Å². The molecule has 3 heterocycles. The van der Waals surface area contributed by atoms with E-state index in [-0.39, 0.29) is 22.6 Å². The topological polar surface area (TPSA) is 79.4 Å². The summed E-state index contributed by atoms with van der Waals surface area (Å²) in [6.07, 6.45) is -0.591. The Morgan fingerprint density at radius 3 is 2.46 bits per heavy atom. The number of thiophene rings is 1. The van der Waals surface area contributed by atoms with Gasteiger partial charge in [-0.05, 0) is 77.7 Å². The lowest BCUT2D eigenvalue weighted by Gasteiger charge is -2.30. The van der Waals surface area contributed by atoms with E-state index in [1.54, 1.807) is 36.4 Å². The molecule has 0 bridgehead atoms. The number of rotatable bonds is 7. The molecule has 2 unspecified atom stereocenters. The van der Waals surface area contributed by atoms with Crippen LogP contribution in [0.3, 0.4) is 0 Å². The van der Waals surface area contributed by atoms with Gasteiger partial charge in [0, 0.05) is 37.7 Å². The van der Waals surface area contributed by atoms with Gasteiger partial charge in [0.25, 0.3) is 0 Å². The monoisotopic (exact) mass is 591 g/mol. The highest BCUT2D eigenvalue weighted by molar-refractivity contribution is 7.89. The molecule has 12 heteroatoms. The first-order valence-electron chi connectivity index (χ1n) is 12.7. The molecule has 8 nitrogen and oxygen atoms in total. The number of benzene rings is 2. The van der Waals surface area contributed by atoms with Crippen LogP contribution in [0.1, 0.15) is 0 Å². The van der Waals surface area contributed by atoms with Gasteiger partial charge < -0.3 is 14.4 Å². The molecule has 6 rings (SSSR count). The Balaban J connectivity index is 1.18. The third kappa shape index (κ3) is 5.38. The molecule has 3 aromatic rings. The van der Waals surface area contributed by atoms with E-state index in [4.69, 9.17) is 21.1 Å². The normalized spacial score (nSPS) is 22.9. The van der Waals surface area contributed by atoms with Crippen LogP contribution < -0.4 is 14.5 Å². The van der Waals surface area contributed by atoms with Gasteiger partial charge in [0.2, 0.25) is 10.0 Å². The zero-order chi connectivity index (χ0) is 27.1. The minimum atomic E-state index is -3.63. The van der Waals surface area contributed by atoms with Gasteiger partial charge >= 0.3 is 6.09 Å². The molecule has 1 aromatic heterocycles. The molecule has 1 saturated carbocycles. The van der Waals surface area contributed by atoms with Crippen LogP contribution in [0, 0.1) is 23.6 Å². The highest BCUT2D eigenvalue weighted by Gasteiger charge is 2.58. The molecule has 3 aliphatic rings. The molecule has 0 spiro atoms. The SMILES string of the molecule is O=C(Oc1cccs1)N(CC1C2CN(S(=O)(=O)c3ccc(Cl)cc3)CC12)c1ccc(N2CCOCC2)c(F)c1. The third-order valence-electron chi connectivity index (χ3n) is 7.68. The molecule has 0 radical (unpaired) electrons. The first kappa shape index (κ1) is 26.5. The molecule has 2 atom stereocenters. The summed E-state index contributed by atoms with van der Waals surface area (Å²) < 4.78 is 53.9. The Kier molecular flexibility index (Phi) is 7.28. The molecular weight excluding hydrogens is 565 g/mol. The van der Waals surface area contributed by atoms with Crippen LogP contribution in [-0.4, -0.2) is 64.8 Å². The summed E-state index contributed by atoms with van der Waals surface area (Å²) in [4.78, 5) is 16.9. The maximum absolute atomic E-state index is 15.2. The van der Waals surface area contributed by atoms with Crippen LogP contribution in [-0.2, 0) is 14.8 Å². The lowest BCUT2D eigenvalue weighted by atomic mass is 10.2. The molecule has 0 N–H and O–H groups in total. The number of amides is 1. The van der Waals surface area contributed by atoms with Crippen molar-refractivity contribution in [3.63, 3.8) is 0 Å². The van der Waals surface area contributed by atoms with E-state index in [1.165, 1.54) is 38.7 Å². The zero-order valence-corrected chi connectivity index (χ0v) is 23.3. The number of hydrogen-bond acceptors (Lipinski definition) is 7. The van der Waals surface area contributed by atoms with Gasteiger partial charge in [0.05, 0.1) is 29.5 Å². The predicted octanol–water partition coefficient (Wildman–Crippen LogP) is 4.95. The molecule has 2 aliphatic heterocycles. The van der Waals surface area contributed by atoms with Gasteiger partial charge in [-0.25, -0.2) is 17.6 Å². The van der Waals surface area contributed by atoms with Crippen LogP contribution in [0.4, 0.5) is 20.6 Å². The summed E-state index contributed by atoms with van der Waals surface area (Å²) in [7, 11) is -3.63. The molecule has 1 aliphatic carbocycles. The number of sulfonamides is 1. The molecule has 206 valence electrons. The summed E-state index contributed by atoms with van der Waals surface area (Å²) >= 11 is 7.21. The van der Waals surface area contributed by atoms with E-state index in [0.717, 1.165) is 0 Å². The van der Waals surface area contributed by atoms with E-state index >= 15 is 4.39 Å². The second-order valence-electron chi connectivity index (χ2n) is 9.91. The number of carbonyl (C=O) groups excluding carboxylic acids is 1. The molecule has 39 heavy (non-hydrogen) atoms. The number of morpholine rings is 1. The number of hydrogen-bond donors (Lipinski definition) is 0. The van der Waals surface area contributed by atoms with Crippen molar-refractivity contribution < 1.29 is 27.1 Å². The molecule has 3 fully saturated rings. The second kappa shape index (κ2) is 10.7. The summed E-state index contributed by atoms with van der Waals surface area (Å²) in [5, 5.41) is 2.74. The highest BCUT2D eigenvalue weighted by atomic mass is 35.5. The van der Waals surface area contributed by atoms with Crippen molar-refractivity contribution in [3.05, 3.63) is 70.8 Å². The predicted molar refractivity (Wildman–Crippen MR) is 148 cm³/mol. The van der Waals surface area contributed by atoms with Crippen LogP contribution in [0.2, 0.25) is 5.02 Å². The molecule has 2 aromatic carbocycles. The van der Waals surface area contributed by atoms with Gasteiger partial charge in [0.15, 0.2) is 5.06 Å². The minimum absolute atomic E-state index is 0.0829. The lowest BCUT2D eigenvalue weighted by molar-refractivity contribution is 0.122.